The lowest BCUT2D eigenvalue weighted by atomic mass is 10.1. The van der Waals surface area contributed by atoms with Gasteiger partial charge in [0.25, 0.3) is 10.1 Å². The lowest BCUT2D eigenvalue weighted by molar-refractivity contribution is 0.284. The van der Waals surface area contributed by atoms with E-state index in [9.17, 15) is 8.42 Å². The average Bonchev–Trinajstić information content (AvgIpc) is 2.45. The molecule has 0 aliphatic heterocycles. The minimum absolute atomic E-state index is 0.172. The van der Waals surface area contributed by atoms with E-state index in [2.05, 4.69) is 6.92 Å². The Bertz CT molecular complexity index is 329. The van der Waals surface area contributed by atoms with Crippen LogP contribution in [0.25, 0.3) is 0 Å². The normalized spacial score (nSPS) is 12.2. The van der Waals surface area contributed by atoms with Crippen LogP contribution in [-0.4, -0.2) is 46.3 Å². The van der Waals surface area contributed by atoms with E-state index in [1.165, 1.54) is 44.9 Å². The Balaban J connectivity index is 3.38. The fraction of sp³-hybridized carbons (Fsp3) is 1.00. The molecule has 0 saturated carbocycles. The molecule has 0 amide bonds. The third-order valence-corrected chi connectivity index (χ3v) is 5.07. The molecule has 0 aromatic heterocycles. The highest BCUT2D eigenvalue weighted by atomic mass is 32.2. The predicted octanol–water partition coefficient (Wildman–Crippen LogP) is 4.21. The largest absolute Gasteiger partial charge is 0.309 e. The van der Waals surface area contributed by atoms with E-state index in [1.807, 2.05) is 19.0 Å². The van der Waals surface area contributed by atoms with Crippen molar-refractivity contribution >= 4 is 10.1 Å². The van der Waals surface area contributed by atoms with E-state index in [0.717, 1.165) is 32.2 Å². The van der Waals surface area contributed by atoms with Crippen molar-refractivity contribution in [1.29, 1.82) is 0 Å². The van der Waals surface area contributed by atoms with E-state index in [4.69, 9.17) is 4.18 Å². The smallest absolute Gasteiger partial charge is 0.267 e. The molecule has 0 unspecified atom stereocenters. The molecule has 0 rings (SSSR count). The Morgan fingerprint density at radius 3 is 1.77 bits per heavy atom. The first-order valence-corrected chi connectivity index (χ1v) is 10.6. The molecule has 0 aliphatic carbocycles. The summed E-state index contributed by atoms with van der Waals surface area (Å²) in [7, 11) is 0.635. The zero-order valence-electron chi connectivity index (χ0n) is 15.0. The second-order valence-corrected chi connectivity index (χ2v) is 8.18. The first kappa shape index (κ1) is 21.9. The maximum atomic E-state index is 11.7. The van der Waals surface area contributed by atoms with Crippen molar-refractivity contribution in [3.63, 3.8) is 0 Å². The fourth-order valence-corrected chi connectivity index (χ4v) is 3.44. The van der Waals surface area contributed by atoms with Gasteiger partial charge in [-0.15, -0.1) is 0 Å². The van der Waals surface area contributed by atoms with E-state index in [1.54, 1.807) is 0 Å². The summed E-state index contributed by atoms with van der Waals surface area (Å²) in [6.45, 7) is 3.39. The number of nitrogens with zero attached hydrogens (tertiary/aromatic N) is 1. The minimum Gasteiger partial charge on any atom is -0.309 e. The maximum Gasteiger partial charge on any atom is 0.267 e. The molecule has 0 aromatic rings. The van der Waals surface area contributed by atoms with Gasteiger partial charge in [0.1, 0.15) is 0 Å². The Morgan fingerprint density at radius 1 is 0.773 bits per heavy atom. The van der Waals surface area contributed by atoms with Crippen molar-refractivity contribution in [3.05, 3.63) is 0 Å². The van der Waals surface area contributed by atoms with Crippen LogP contribution in [0.5, 0.6) is 0 Å². The summed E-state index contributed by atoms with van der Waals surface area (Å²) >= 11 is 0. The van der Waals surface area contributed by atoms with Crippen LogP contribution in [0.2, 0.25) is 0 Å². The van der Waals surface area contributed by atoms with Crippen molar-refractivity contribution in [1.82, 2.24) is 4.90 Å². The van der Waals surface area contributed by atoms with Crippen LogP contribution < -0.4 is 0 Å². The van der Waals surface area contributed by atoms with Gasteiger partial charge in [0.15, 0.2) is 0 Å². The van der Waals surface area contributed by atoms with E-state index in [0.29, 0.717) is 6.61 Å². The van der Waals surface area contributed by atoms with Crippen molar-refractivity contribution < 1.29 is 12.6 Å². The highest BCUT2D eigenvalue weighted by molar-refractivity contribution is 7.86. The van der Waals surface area contributed by atoms with Crippen molar-refractivity contribution in [2.45, 2.75) is 77.6 Å². The van der Waals surface area contributed by atoms with Gasteiger partial charge in [0.2, 0.25) is 0 Å². The van der Waals surface area contributed by atoms with Gasteiger partial charge in [-0.1, -0.05) is 64.7 Å². The number of hydrogen-bond donors (Lipinski definition) is 0. The van der Waals surface area contributed by atoms with Crippen LogP contribution in [0, 0.1) is 0 Å². The van der Waals surface area contributed by atoms with Crippen LogP contribution in [-0.2, 0) is 14.3 Å². The molecule has 0 saturated heterocycles. The van der Waals surface area contributed by atoms with E-state index >= 15 is 0 Å². The molecule has 0 aliphatic rings. The third-order valence-electron chi connectivity index (χ3n) is 3.76. The van der Waals surface area contributed by atoms with Crippen LogP contribution in [0.1, 0.15) is 77.6 Å². The predicted molar refractivity (Wildman–Crippen MR) is 94.8 cm³/mol. The molecule has 0 radical (unpaired) electrons. The Labute approximate surface area is 138 Å². The van der Waals surface area contributed by atoms with Crippen molar-refractivity contribution in [3.8, 4) is 0 Å². The topological polar surface area (TPSA) is 46.6 Å². The van der Waals surface area contributed by atoms with Gasteiger partial charge >= 0.3 is 0 Å². The minimum atomic E-state index is -3.31. The summed E-state index contributed by atoms with van der Waals surface area (Å²) in [5.74, 6) is 0.172. The van der Waals surface area contributed by atoms with Crippen LogP contribution >= 0.6 is 0 Å². The monoisotopic (exact) mass is 335 g/mol. The zero-order chi connectivity index (χ0) is 16.7. The molecule has 0 fully saturated rings. The lowest BCUT2D eigenvalue weighted by Gasteiger charge is -2.09. The number of rotatable bonds is 16. The number of hydrogen-bond acceptors (Lipinski definition) is 4. The Morgan fingerprint density at radius 2 is 1.27 bits per heavy atom. The van der Waals surface area contributed by atoms with Crippen molar-refractivity contribution in [2.75, 3.05) is 33.0 Å². The van der Waals surface area contributed by atoms with Gasteiger partial charge < -0.3 is 4.90 Å². The molecule has 134 valence electrons. The molecule has 0 atom stereocenters. The van der Waals surface area contributed by atoms with Gasteiger partial charge in [-0.2, -0.15) is 8.42 Å². The molecule has 0 spiro atoms. The zero-order valence-corrected chi connectivity index (χ0v) is 15.8. The van der Waals surface area contributed by atoms with Gasteiger partial charge in [0.05, 0.1) is 12.4 Å². The second kappa shape index (κ2) is 14.5. The highest BCUT2D eigenvalue weighted by Gasteiger charge is 2.10. The van der Waals surface area contributed by atoms with Gasteiger partial charge in [0, 0.05) is 0 Å². The average molecular weight is 336 g/mol. The van der Waals surface area contributed by atoms with Crippen LogP contribution in [0.15, 0.2) is 0 Å². The standard InChI is InChI=1S/C17H37NO3S/c1-4-5-6-7-8-9-10-11-12-13-17-22(19,20)21-16-14-15-18(2)3/h4-17H2,1-3H3. The fourth-order valence-electron chi connectivity index (χ4n) is 2.39. The first-order chi connectivity index (χ1) is 10.5. The van der Waals surface area contributed by atoms with Crippen LogP contribution in [0.4, 0.5) is 0 Å². The summed E-state index contributed by atoms with van der Waals surface area (Å²) in [4.78, 5) is 2.03. The molecule has 22 heavy (non-hydrogen) atoms. The molecular formula is C17H37NO3S. The Kier molecular flexibility index (Phi) is 14.4. The first-order valence-electron chi connectivity index (χ1n) is 9.00. The molecule has 4 nitrogen and oxygen atoms in total. The molecule has 0 aromatic carbocycles. The van der Waals surface area contributed by atoms with Gasteiger partial charge in [-0.05, 0) is 33.5 Å². The number of unbranched alkanes of at least 4 members (excludes halogenated alkanes) is 9. The molecule has 0 bridgehead atoms. The van der Waals surface area contributed by atoms with Gasteiger partial charge in [-0.3, -0.25) is 4.18 Å². The Hall–Kier alpha value is -0.130. The summed E-state index contributed by atoms with van der Waals surface area (Å²) in [5, 5.41) is 0. The highest BCUT2D eigenvalue weighted by Crippen LogP contribution is 2.11. The SMILES string of the molecule is CCCCCCCCCCCCS(=O)(=O)OCCCN(C)C. The molecule has 0 heterocycles. The van der Waals surface area contributed by atoms with E-state index in [-0.39, 0.29) is 5.75 Å². The maximum absolute atomic E-state index is 11.7. The van der Waals surface area contributed by atoms with Gasteiger partial charge in [-0.25, -0.2) is 0 Å². The second-order valence-electron chi connectivity index (χ2n) is 6.42. The van der Waals surface area contributed by atoms with E-state index < -0.39 is 10.1 Å². The quantitative estimate of drug-likeness (QED) is 0.313. The van der Waals surface area contributed by atoms with Crippen LogP contribution in [0.3, 0.4) is 0 Å². The lowest BCUT2D eigenvalue weighted by Crippen LogP contribution is -2.17. The summed E-state index contributed by atoms with van der Waals surface area (Å²) in [6.07, 6.45) is 12.8. The third kappa shape index (κ3) is 16.2. The summed E-state index contributed by atoms with van der Waals surface area (Å²) < 4.78 is 28.4. The molecule has 0 N–H and O–H groups in total. The summed E-state index contributed by atoms with van der Waals surface area (Å²) in [6, 6.07) is 0. The molecular weight excluding hydrogens is 298 g/mol. The van der Waals surface area contributed by atoms with Crippen molar-refractivity contribution in [2.24, 2.45) is 0 Å². The summed E-state index contributed by atoms with van der Waals surface area (Å²) in [5.41, 5.74) is 0. The molecule has 5 heteroatoms.